The third kappa shape index (κ3) is 1.79. The highest BCUT2D eigenvalue weighted by Gasteiger charge is 2.55. The Morgan fingerprint density at radius 3 is 2.70 bits per heavy atom. The smallest absolute Gasteiger partial charge is 0.0269 e. The quantitative estimate of drug-likeness (QED) is 0.487. The average molecular weight is 272 g/mol. The van der Waals surface area contributed by atoms with Gasteiger partial charge in [-0.05, 0) is 99.2 Å². The highest BCUT2D eigenvalue weighted by Crippen LogP contribution is 2.63. The fourth-order valence-corrected chi connectivity index (χ4v) is 6.95. The van der Waals surface area contributed by atoms with Crippen molar-refractivity contribution in [1.82, 2.24) is 0 Å². The molecule has 112 valence electrons. The van der Waals surface area contributed by atoms with E-state index in [4.69, 9.17) is 0 Å². The van der Waals surface area contributed by atoms with E-state index >= 15 is 0 Å². The zero-order chi connectivity index (χ0) is 13.9. The molecule has 3 saturated carbocycles. The molecule has 4 aliphatic carbocycles. The van der Waals surface area contributed by atoms with Gasteiger partial charge in [0.05, 0.1) is 0 Å². The van der Waals surface area contributed by atoms with Gasteiger partial charge in [0, 0.05) is 0 Å². The van der Waals surface area contributed by atoms with Gasteiger partial charge in [-0.25, -0.2) is 0 Å². The van der Waals surface area contributed by atoms with Crippen LogP contribution in [0.2, 0.25) is 0 Å². The van der Waals surface area contributed by atoms with Crippen LogP contribution in [-0.2, 0) is 0 Å². The van der Waals surface area contributed by atoms with Gasteiger partial charge >= 0.3 is 0 Å². The molecule has 0 radical (unpaired) electrons. The molecule has 0 spiro atoms. The fourth-order valence-electron chi connectivity index (χ4n) is 6.95. The number of fused-ring (bicyclic) bond motifs is 5. The molecule has 0 aromatic carbocycles. The van der Waals surface area contributed by atoms with E-state index in [2.05, 4.69) is 26.8 Å². The molecule has 0 amide bonds. The normalized spacial score (nSPS) is 54.6. The van der Waals surface area contributed by atoms with Crippen LogP contribution < -0.4 is 0 Å². The van der Waals surface area contributed by atoms with Crippen molar-refractivity contribution in [3.05, 3.63) is 11.6 Å². The van der Waals surface area contributed by atoms with Crippen LogP contribution in [0.3, 0.4) is 0 Å². The Morgan fingerprint density at radius 1 is 1.00 bits per heavy atom. The van der Waals surface area contributed by atoms with Crippen molar-refractivity contribution in [2.24, 2.45) is 40.9 Å². The molecule has 0 saturated heterocycles. The maximum Gasteiger partial charge on any atom is -0.0269 e. The predicted octanol–water partition coefficient (Wildman–Crippen LogP) is 5.83. The van der Waals surface area contributed by atoms with Crippen LogP contribution in [0.1, 0.15) is 72.1 Å². The summed E-state index contributed by atoms with van der Waals surface area (Å²) in [5, 5.41) is 0. The summed E-state index contributed by atoms with van der Waals surface area (Å²) in [7, 11) is 0. The minimum atomic E-state index is 0.703. The van der Waals surface area contributed by atoms with Gasteiger partial charge in [-0.2, -0.15) is 0 Å². The molecule has 0 heteroatoms. The maximum absolute atomic E-state index is 2.64. The Hall–Kier alpha value is -0.260. The number of allylic oxidation sites excluding steroid dienone is 2. The molecule has 0 aliphatic heterocycles. The second-order valence-electron chi connectivity index (χ2n) is 8.95. The standard InChI is InChI=1S/C20H32/c1-13-4-7-16-15(12-13)6-8-18-17(16)10-11-20(3)14(2)5-9-19(18)20/h4,14-19H,5-12H2,1-3H3/t14-,15-,16?,17?,18?,19?,20+/m0/s1. The molecule has 4 unspecified atom stereocenters. The first-order valence-electron chi connectivity index (χ1n) is 9.25. The van der Waals surface area contributed by atoms with Crippen molar-refractivity contribution in [3.8, 4) is 0 Å². The lowest BCUT2D eigenvalue weighted by atomic mass is 9.50. The van der Waals surface area contributed by atoms with Crippen molar-refractivity contribution in [2.75, 3.05) is 0 Å². The summed E-state index contributed by atoms with van der Waals surface area (Å²) in [6.07, 6.45) is 14.7. The van der Waals surface area contributed by atoms with E-state index in [1.807, 2.05) is 0 Å². The van der Waals surface area contributed by atoms with Gasteiger partial charge < -0.3 is 0 Å². The van der Waals surface area contributed by atoms with E-state index in [9.17, 15) is 0 Å². The summed E-state index contributed by atoms with van der Waals surface area (Å²) < 4.78 is 0. The second-order valence-corrected chi connectivity index (χ2v) is 8.95. The lowest BCUT2D eigenvalue weighted by Gasteiger charge is -2.55. The predicted molar refractivity (Wildman–Crippen MR) is 85.4 cm³/mol. The van der Waals surface area contributed by atoms with Gasteiger partial charge in [-0.15, -0.1) is 0 Å². The highest BCUT2D eigenvalue weighted by molar-refractivity contribution is 5.11. The van der Waals surface area contributed by atoms with Gasteiger partial charge in [0.2, 0.25) is 0 Å². The van der Waals surface area contributed by atoms with Gasteiger partial charge in [0.15, 0.2) is 0 Å². The Morgan fingerprint density at radius 2 is 1.85 bits per heavy atom. The van der Waals surface area contributed by atoms with Crippen molar-refractivity contribution in [3.63, 3.8) is 0 Å². The van der Waals surface area contributed by atoms with Crippen LogP contribution in [0.5, 0.6) is 0 Å². The Labute approximate surface area is 125 Å². The summed E-state index contributed by atoms with van der Waals surface area (Å²) in [6, 6.07) is 0. The topological polar surface area (TPSA) is 0 Å². The van der Waals surface area contributed by atoms with Gasteiger partial charge in [0.25, 0.3) is 0 Å². The molecule has 20 heavy (non-hydrogen) atoms. The third-order valence-electron chi connectivity index (χ3n) is 8.32. The van der Waals surface area contributed by atoms with Crippen LogP contribution in [-0.4, -0.2) is 0 Å². The SMILES string of the molecule is CC1=CCC2C3CC[C@@]4(C)C(CC[C@@H]4C)C3CC[C@H]2C1. The van der Waals surface area contributed by atoms with Crippen molar-refractivity contribution in [2.45, 2.75) is 72.1 Å². The zero-order valence-corrected chi connectivity index (χ0v) is 13.7. The number of hydrogen-bond acceptors (Lipinski definition) is 0. The molecule has 0 bridgehead atoms. The lowest BCUT2D eigenvalue weighted by molar-refractivity contribution is -0.0503. The molecule has 0 aromatic rings. The van der Waals surface area contributed by atoms with E-state index in [0.29, 0.717) is 5.41 Å². The van der Waals surface area contributed by atoms with E-state index in [-0.39, 0.29) is 0 Å². The largest absolute Gasteiger partial charge is 0.0853 e. The Balaban J connectivity index is 1.60. The van der Waals surface area contributed by atoms with E-state index in [0.717, 1.165) is 35.5 Å². The van der Waals surface area contributed by atoms with Crippen molar-refractivity contribution >= 4 is 0 Å². The van der Waals surface area contributed by atoms with Gasteiger partial charge in [-0.1, -0.05) is 25.5 Å². The van der Waals surface area contributed by atoms with E-state index in [1.54, 1.807) is 24.8 Å². The molecule has 0 nitrogen and oxygen atoms in total. The minimum absolute atomic E-state index is 0.703. The number of hydrogen-bond donors (Lipinski definition) is 0. The van der Waals surface area contributed by atoms with Crippen LogP contribution in [0.4, 0.5) is 0 Å². The molecule has 4 aliphatic rings. The molecular formula is C20H32. The summed E-state index contributed by atoms with van der Waals surface area (Å²) in [5.74, 6) is 6.33. The van der Waals surface area contributed by atoms with Crippen LogP contribution >= 0.6 is 0 Å². The monoisotopic (exact) mass is 272 g/mol. The summed E-state index contributed by atoms with van der Waals surface area (Å²) in [4.78, 5) is 0. The molecule has 0 heterocycles. The second kappa shape index (κ2) is 4.62. The molecule has 0 N–H and O–H groups in total. The van der Waals surface area contributed by atoms with E-state index in [1.165, 1.54) is 32.1 Å². The van der Waals surface area contributed by atoms with Gasteiger partial charge in [-0.3, -0.25) is 0 Å². The highest BCUT2D eigenvalue weighted by atomic mass is 14.6. The fraction of sp³-hybridized carbons (Fsp3) is 0.900. The maximum atomic E-state index is 2.64. The molecule has 7 atom stereocenters. The van der Waals surface area contributed by atoms with E-state index < -0.39 is 0 Å². The molecular weight excluding hydrogens is 240 g/mol. The molecule has 4 rings (SSSR count). The van der Waals surface area contributed by atoms with Crippen molar-refractivity contribution in [1.29, 1.82) is 0 Å². The van der Waals surface area contributed by atoms with Crippen LogP contribution in [0.15, 0.2) is 11.6 Å². The van der Waals surface area contributed by atoms with Gasteiger partial charge in [0.1, 0.15) is 0 Å². The van der Waals surface area contributed by atoms with Crippen LogP contribution in [0.25, 0.3) is 0 Å². The lowest BCUT2D eigenvalue weighted by Crippen LogP contribution is -2.47. The molecule has 0 aromatic heterocycles. The Kier molecular flexibility index (Phi) is 3.09. The molecule has 3 fully saturated rings. The first-order chi connectivity index (χ1) is 9.59. The summed E-state index contributed by atoms with van der Waals surface area (Å²) >= 11 is 0. The summed E-state index contributed by atoms with van der Waals surface area (Å²) in [6.45, 7) is 7.54. The third-order valence-corrected chi connectivity index (χ3v) is 8.32. The minimum Gasteiger partial charge on any atom is -0.0853 e. The van der Waals surface area contributed by atoms with Crippen LogP contribution in [0, 0.1) is 40.9 Å². The zero-order valence-electron chi connectivity index (χ0n) is 13.7. The average Bonchev–Trinajstić information content (AvgIpc) is 2.74. The first kappa shape index (κ1) is 13.4. The summed E-state index contributed by atoms with van der Waals surface area (Å²) in [5.41, 5.74) is 2.38. The van der Waals surface area contributed by atoms with Crippen molar-refractivity contribution < 1.29 is 0 Å². The Bertz CT molecular complexity index is 420. The first-order valence-corrected chi connectivity index (χ1v) is 9.25. The number of rotatable bonds is 0.